The standard InChI is InChI=1S/C23H25FNO6PS/c1-14(2)13-30-23(28)15(3)25-32(29,31-18-7-5-4-6-8-18)21(24)16-9-10-19-17(11-16)12-20(33-19)22(26)27/h4-12,14-15,21H,13H2,1-3H3,(H,25,29)(H,26,27)/t15-,21-,32?/m0/s1. The molecule has 33 heavy (non-hydrogen) atoms. The van der Waals surface area contributed by atoms with Gasteiger partial charge in [-0.1, -0.05) is 38.1 Å². The maximum absolute atomic E-state index is 15.8. The quantitative estimate of drug-likeness (QED) is 0.263. The Balaban J connectivity index is 1.92. The van der Waals surface area contributed by atoms with Crippen molar-refractivity contribution in [1.29, 1.82) is 0 Å². The topological polar surface area (TPSA) is 102 Å². The number of fused-ring (bicyclic) bond motifs is 1. The number of hydrogen-bond acceptors (Lipinski definition) is 6. The molecule has 0 radical (unpaired) electrons. The van der Waals surface area contributed by atoms with Crippen LogP contribution in [0.4, 0.5) is 4.39 Å². The fourth-order valence-corrected chi connectivity index (χ4v) is 5.78. The van der Waals surface area contributed by atoms with E-state index in [0.29, 0.717) is 10.1 Å². The molecule has 1 heterocycles. The molecule has 3 rings (SSSR count). The van der Waals surface area contributed by atoms with E-state index in [9.17, 15) is 19.3 Å². The van der Waals surface area contributed by atoms with Gasteiger partial charge < -0.3 is 14.4 Å². The van der Waals surface area contributed by atoms with Crippen LogP contribution in [0.3, 0.4) is 0 Å². The summed E-state index contributed by atoms with van der Waals surface area (Å²) in [5.41, 5.74) is 0.0340. The number of ether oxygens (including phenoxy) is 1. The molecule has 1 unspecified atom stereocenters. The van der Waals surface area contributed by atoms with Crippen LogP contribution in [0, 0.1) is 5.92 Å². The first kappa shape index (κ1) is 24.9. The van der Waals surface area contributed by atoms with Crippen molar-refractivity contribution in [3.05, 3.63) is 65.0 Å². The molecule has 3 atom stereocenters. The Morgan fingerprint density at radius 3 is 2.45 bits per heavy atom. The maximum Gasteiger partial charge on any atom is 0.355 e. The summed E-state index contributed by atoms with van der Waals surface area (Å²) in [4.78, 5) is 23.7. The molecule has 0 bridgehead atoms. The zero-order valence-corrected chi connectivity index (χ0v) is 20.1. The SMILES string of the molecule is CC(C)COC(=O)[C@H](C)NP(=O)(Oc1ccccc1)[C@H](F)c1ccc2sc(C(=O)O)cc2c1. The summed E-state index contributed by atoms with van der Waals surface area (Å²) >= 11 is 1.06. The van der Waals surface area contributed by atoms with Crippen molar-refractivity contribution in [3.63, 3.8) is 0 Å². The number of aromatic carboxylic acids is 1. The van der Waals surface area contributed by atoms with Crippen molar-refractivity contribution in [2.45, 2.75) is 32.7 Å². The number of benzene rings is 2. The van der Waals surface area contributed by atoms with Crippen molar-refractivity contribution >= 4 is 40.9 Å². The molecule has 0 spiro atoms. The second kappa shape index (κ2) is 10.5. The molecule has 0 aliphatic rings. The van der Waals surface area contributed by atoms with E-state index in [-0.39, 0.29) is 28.7 Å². The van der Waals surface area contributed by atoms with Gasteiger partial charge in [0.1, 0.15) is 16.7 Å². The molecule has 3 aromatic rings. The van der Waals surface area contributed by atoms with Crippen LogP contribution in [-0.2, 0) is 14.1 Å². The predicted octanol–water partition coefficient (Wildman–Crippen LogP) is 6.02. The second-order valence-corrected chi connectivity index (χ2v) is 11.1. The van der Waals surface area contributed by atoms with Crippen molar-refractivity contribution in [2.24, 2.45) is 5.92 Å². The number of hydrogen-bond donors (Lipinski definition) is 2. The third kappa shape index (κ3) is 6.19. The van der Waals surface area contributed by atoms with Gasteiger partial charge in [-0.3, -0.25) is 9.36 Å². The average Bonchev–Trinajstić information content (AvgIpc) is 3.21. The van der Waals surface area contributed by atoms with E-state index in [4.69, 9.17) is 9.26 Å². The van der Waals surface area contributed by atoms with E-state index in [1.165, 1.54) is 37.3 Å². The Labute approximate surface area is 195 Å². The molecule has 0 aliphatic carbocycles. The Hall–Kier alpha value is -2.74. The first-order valence-corrected chi connectivity index (χ1v) is 12.8. The van der Waals surface area contributed by atoms with Crippen LogP contribution < -0.4 is 9.61 Å². The van der Waals surface area contributed by atoms with E-state index >= 15 is 4.39 Å². The van der Waals surface area contributed by atoms with Gasteiger partial charge in [0.15, 0.2) is 0 Å². The van der Waals surface area contributed by atoms with Crippen LogP contribution >= 0.6 is 18.9 Å². The van der Waals surface area contributed by atoms with Crippen LogP contribution in [0.1, 0.15) is 41.9 Å². The summed E-state index contributed by atoms with van der Waals surface area (Å²) in [7, 11) is -4.33. The summed E-state index contributed by atoms with van der Waals surface area (Å²) in [5, 5.41) is 12.2. The van der Waals surface area contributed by atoms with Crippen LogP contribution in [0.5, 0.6) is 5.75 Å². The van der Waals surface area contributed by atoms with E-state index < -0.39 is 31.4 Å². The van der Waals surface area contributed by atoms with E-state index in [1.54, 1.807) is 24.3 Å². The maximum atomic E-state index is 15.8. The summed E-state index contributed by atoms with van der Waals surface area (Å²) in [6.07, 6.45) is 0. The Morgan fingerprint density at radius 2 is 1.82 bits per heavy atom. The van der Waals surface area contributed by atoms with Gasteiger partial charge in [0, 0.05) is 4.70 Å². The highest BCUT2D eigenvalue weighted by atomic mass is 32.1. The first-order valence-electron chi connectivity index (χ1n) is 10.3. The number of esters is 1. The highest BCUT2D eigenvalue weighted by Gasteiger charge is 2.40. The lowest BCUT2D eigenvalue weighted by Crippen LogP contribution is -2.36. The first-order chi connectivity index (χ1) is 15.6. The Morgan fingerprint density at radius 1 is 1.12 bits per heavy atom. The van der Waals surface area contributed by atoms with Gasteiger partial charge in [-0.15, -0.1) is 11.3 Å². The lowest BCUT2D eigenvalue weighted by atomic mass is 10.2. The lowest BCUT2D eigenvalue weighted by Gasteiger charge is -2.26. The molecule has 0 fully saturated rings. The van der Waals surface area contributed by atoms with Crippen LogP contribution in [0.2, 0.25) is 0 Å². The lowest BCUT2D eigenvalue weighted by molar-refractivity contribution is -0.146. The molecular weight excluding hydrogens is 468 g/mol. The van der Waals surface area contributed by atoms with Crippen molar-refractivity contribution < 1.29 is 32.9 Å². The third-order valence-corrected chi connectivity index (χ3v) is 7.82. The number of para-hydroxylation sites is 1. The van der Waals surface area contributed by atoms with Crippen molar-refractivity contribution in [1.82, 2.24) is 5.09 Å². The van der Waals surface area contributed by atoms with E-state index in [2.05, 4.69) is 5.09 Å². The van der Waals surface area contributed by atoms with Gasteiger partial charge in [-0.05, 0) is 54.1 Å². The number of carbonyl (C=O) groups is 2. The van der Waals surface area contributed by atoms with Crippen molar-refractivity contribution in [3.8, 4) is 5.75 Å². The summed E-state index contributed by atoms with van der Waals surface area (Å²) < 4.78 is 41.0. The number of nitrogens with one attached hydrogen (secondary N) is 1. The number of alkyl halides is 1. The number of carboxylic acids is 1. The molecule has 0 saturated heterocycles. The highest BCUT2D eigenvalue weighted by Crippen LogP contribution is 2.58. The van der Waals surface area contributed by atoms with Gasteiger partial charge >= 0.3 is 19.5 Å². The molecule has 176 valence electrons. The minimum absolute atomic E-state index is 0.0340. The number of carboxylic acid groups (broad SMARTS) is 1. The smallest absolute Gasteiger partial charge is 0.355 e. The van der Waals surface area contributed by atoms with Crippen LogP contribution in [-0.4, -0.2) is 29.7 Å². The van der Waals surface area contributed by atoms with Gasteiger partial charge in [-0.2, -0.15) is 0 Å². The third-order valence-electron chi connectivity index (χ3n) is 4.59. The predicted molar refractivity (Wildman–Crippen MR) is 126 cm³/mol. The zero-order chi connectivity index (χ0) is 24.2. The molecular formula is C23H25FNO6PS. The summed E-state index contributed by atoms with van der Waals surface area (Å²) in [6.45, 7) is 5.36. The number of halogens is 1. The molecule has 7 nitrogen and oxygen atoms in total. The van der Waals surface area contributed by atoms with E-state index in [0.717, 1.165) is 11.3 Å². The minimum atomic E-state index is -4.33. The molecule has 0 aliphatic heterocycles. The molecule has 2 aromatic carbocycles. The van der Waals surface area contributed by atoms with Gasteiger partial charge in [0.2, 0.25) is 5.91 Å². The Bertz CT molecular complexity index is 1180. The highest BCUT2D eigenvalue weighted by molar-refractivity contribution is 7.57. The number of thiophene rings is 1. The zero-order valence-electron chi connectivity index (χ0n) is 18.4. The number of rotatable bonds is 10. The monoisotopic (exact) mass is 493 g/mol. The molecule has 1 aromatic heterocycles. The van der Waals surface area contributed by atoms with Crippen LogP contribution in [0.15, 0.2) is 54.6 Å². The Kier molecular flexibility index (Phi) is 7.89. The van der Waals surface area contributed by atoms with Gasteiger partial charge in [0.25, 0.3) is 0 Å². The minimum Gasteiger partial charge on any atom is -0.477 e. The largest absolute Gasteiger partial charge is 0.477 e. The fourth-order valence-electron chi connectivity index (χ4n) is 2.98. The molecule has 10 heteroatoms. The normalized spacial score (nSPS) is 15.1. The van der Waals surface area contributed by atoms with E-state index in [1.807, 2.05) is 13.8 Å². The molecule has 0 amide bonds. The average molecular weight is 493 g/mol. The number of carbonyl (C=O) groups excluding carboxylic acids is 1. The molecule has 2 N–H and O–H groups in total. The second-order valence-electron chi connectivity index (χ2n) is 7.92. The van der Waals surface area contributed by atoms with Crippen LogP contribution in [0.25, 0.3) is 10.1 Å². The summed E-state index contributed by atoms with van der Waals surface area (Å²) in [6, 6.07) is 12.9. The van der Waals surface area contributed by atoms with Gasteiger partial charge in [0.05, 0.1) is 6.61 Å². The molecule has 0 saturated carbocycles. The summed E-state index contributed by atoms with van der Waals surface area (Å²) in [5.74, 6) is -3.61. The van der Waals surface area contributed by atoms with Crippen molar-refractivity contribution in [2.75, 3.05) is 6.61 Å². The van der Waals surface area contributed by atoms with Gasteiger partial charge in [-0.25, -0.2) is 14.3 Å². The fraction of sp³-hybridized carbons (Fsp3) is 0.304.